The predicted octanol–water partition coefficient (Wildman–Crippen LogP) is 2.81. The van der Waals surface area contributed by atoms with E-state index in [1.807, 2.05) is 37.3 Å². The second-order valence-corrected chi connectivity index (χ2v) is 5.05. The molecular formula is C17H17N3O2. The number of carbonyl (C=O) groups excluding carboxylic acids is 1. The number of fused-ring (bicyclic) bond motifs is 1. The summed E-state index contributed by atoms with van der Waals surface area (Å²) in [6.07, 6.45) is 3.45. The van der Waals surface area contributed by atoms with Gasteiger partial charge in [-0.05, 0) is 30.7 Å². The quantitative estimate of drug-likeness (QED) is 0.777. The second-order valence-electron chi connectivity index (χ2n) is 5.05. The number of nitrogens with zero attached hydrogens (tertiary/aromatic N) is 1. The van der Waals surface area contributed by atoms with Crippen molar-refractivity contribution in [3.8, 4) is 5.75 Å². The number of pyridine rings is 1. The minimum atomic E-state index is -0.128. The number of amides is 1. The molecule has 0 fully saturated rings. The van der Waals surface area contributed by atoms with Gasteiger partial charge in [0.15, 0.2) is 0 Å². The average Bonchev–Trinajstić information content (AvgIpc) is 2.89. The first-order valence-corrected chi connectivity index (χ1v) is 7.03. The highest BCUT2D eigenvalue weighted by Gasteiger charge is 2.18. The standard InChI is InChI=1S/C17H17N3O2/c1-11-15(16-13(20-11)6-3-7-14(16)22-2)17(21)19-10-12-5-4-8-18-9-12/h3-9,20H,10H2,1-2H3,(H,19,21). The summed E-state index contributed by atoms with van der Waals surface area (Å²) in [5.74, 6) is 0.561. The number of ether oxygens (including phenoxy) is 1. The van der Waals surface area contributed by atoms with Crippen LogP contribution in [0.15, 0.2) is 42.7 Å². The molecule has 0 unspecified atom stereocenters. The van der Waals surface area contributed by atoms with E-state index in [9.17, 15) is 4.79 Å². The van der Waals surface area contributed by atoms with E-state index in [2.05, 4.69) is 15.3 Å². The molecule has 0 spiro atoms. The van der Waals surface area contributed by atoms with E-state index in [0.717, 1.165) is 22.2 Å². The topological polar surface area (TPSA) is 67.0 Å². The lowest BCUT2D eigenvalue weighted by atomic mass is 10.1. The van der Waals surface area contributed by atoms with Gasteiger partial charge in [-0.25, -0.2) is 0 Å². The van der Waals surface area contributed by atoms with Crippen molar-refractivity contribution in [2.24, 2.45) is 0 Å². The van der Waals surface area contributed by atoms with E-state index in [-0.39, 0.29) is 5.91 Å². The molecule has 3 rings (SSSR count). The third-order valence-electron chi connectivity index (χ3n) is 3.60. The van der Waals surface area contributed by atoms with Gasteiger partial charge in [-0.3, -0.25) is 9.78 Å². The Morgan fingerprint density at radius 2 is 2.18 bits per heavy atom. The Morgan fingerprint density at radius 3 is 2.91 bits per heavy atom. The van der Waals surface area contributed by atoms with Gasteiger partial charge >= 0.3 is 0 Å². The van der Waals surface area contributed by atoms with Gasteiger partial charge < -0.3 is 15.0 Å². The number of nitrogens with one attached hydrogen (secondary N) is 2. The molecule has 0 saturated heterocycles. The van der Waals surface area contributed by atoms with Gasteiger partial charge in [0.1, 0.15) is 5.75 Å². The monoisotopic (exact) mass is 295 g/mol. The molecule has 5 nitrogen and oxygen atoms in total. The molecule has 3 aromatic rings. The van der Waals surface area contributed by atoms with Crippen LogP contribution >= 0.6 is 0 Å². The average molecular weight is 295 g/mol. The van der Waals surface area contributed by atoms with Crippen molar-refractivity contribution >= 4 is 16.8 Å². The number of hydrogen-bond donors (Lipinski definition) is 2. The molecule has 0 aliphatic rings. The van der Waals surface area contributed by atoms with Gasteiger partial charge in [0, 0.05) is 24.6 Å². The van der Waals surface area contributed by atoms with Crippen LogP contribution in [0.5, 0.6) is 5.75 Å². The fourth-order valence-electron chi connectivity index (χ4n) is 2.57. The summed E-state index contributed by atoms with van der Waals surface area (Å²) in [4.78, 5) is 19.8. The summed E-state index contributed by atoms with van der Waals surface area (Å²) in [6.45, 7) is 2.33. The molecule has 1 amide bonds. The number of benzene rings is 1. The summed E-state index contributed by atoms with van der Waals surface area (Å²) in [7, 11) is 1.61. The number of H-pyrrole nitrogens is 1. The normalized spacial score (nSPS) is 10.6. The Hall–Kier alpha value is -2.82. The van der Waals surface area contributed by atoms with Crippen molar-refractivity contribution in [1.82, 2.24) is 15.3 Å². The summed E-state index contributed by atoms with van der Waals surface area (Å²) >= 11 is 0. The van der Waals surface area contributed by atoms with E-state index in [1.165, 1.54) is 0 Å². The van der Waals surface area contributed by atoms with Crippen LogP contribution in [0.1, 0.15) is 21.6 Å². The van der Waals surface area contributed by atoms with Gasteiger partial charge in [0.2, 0.25) is 0 Å². The molecule has 2 N–H and O–H groups in total. The van der Waals surface area contributed by atoms with Crippen molar-refractivity contribution in [2.75, 3.05) is 7.11 Å². The van der Waals surface area contributed by atoms with E-state index < -0.39 is 0 Å². The minimum Gasteiger partial charge on any atom is -0.496 e. The zero-order valence-corrected chi connectivity index (χ0v) is 12.5. The summed E-state index contributed by atoms with van der Waals surface area (Å²) in [5.41, 5.74) is 3.29. The number of methoxy groups -OCH3 is 1. The van der Waals surface area contributed by atoms with Crippen molar-refractivity contribution in [2.45, 2.75) is 13.5 Å². The second kappa shape index (κ2) is 5.89. The molecule has 0 saturated carbocycles. The molecule has 1 aromatic carbocycles. The zero-order chi connectivity index (χ0) is 15.5. The lowest BCUT2D eigenvalue weighted by Crippen LogP contribution is -2.23. The lowest BCUT2D eigenvalue weighted by Gasteiger charge is -2.07. The van der Waals surface area contributed by atoms with E-state index in [4.69, 9.17) is 4.74 Å². The van der Waals surface area contributed by atoms with E-state index >= 15 is 0 Å². The number of carbonyl (C=O) groups is 1. The number of aromatic nitrogens is 2. The van der Waals surface area contributed by atoms with Crippen LogP contribution in [0.4, 0.5) is 0 Å². The largest absolute Gasteiger partial charge is 0.496 e. The molecule has 2 aromatic heterocycles. The predicted molar refractivity (Wildman–Crippen MR) is 85.0 cm³/mol. The van der Waals surface area contributed by atoms with Crippen LogP contribution in [-0.2, 0) is 6.54 Å². The highest BCUT2D eigenvalue weighted by Crippen LogP contribution is 2.30. The van der Waals surface area contributed by atoms with Crippen molar-refractivity contribution in [3.05, 3.63) is 59.5 Å². The van der Waals surface area contributed by atoms with Crippen molar-refractivity contribution in [1.29, 1.82) is 0 Å². The van der Waals surface area contributed by atoms with Gasteiger partial charge in [0.25, 0.3) is 5.91 Å². The summed E-state index contributed by atoms with van der Waals surface area (Å²) < 4.78 is 5.38. The maximum absolute atomic E-state index is 12.6. The Labute approximate surface area is 128 Å². The van der Waals surface area contributed by atoms with Crippen LogP contribution in [0.3, 0.4) is 0 Å². The Morgan fingerprint density at radius 1 is 1.32 bits per heavy atom. The Balaban J connectivity index is 1.92. The molecular weight excluding hydrogens is 278 g/mol. The number of aryl methyl sites for hydroxylation is 1. The smallest absolute Gasteiger partial charge is 0.254 e. The Bertz CT molecular complexity index is 809. The van der Waals surface area contributed by atoms with Crippen molar-refractivity contribution < 1.29 is 9.53 Å². The van der Waals surface area contributed by atoms with Gasteiger partial charge in [0.05, 0.1) is 23.6 Å². The molecule has 22 heavy (non-hydrogen) atoms. The molecule has 112 valence electrons. The van der Waals surface area contributed by atoms with E-state index in [1.54, 1.807) is 19.5 Å². The first-order chi connectivity index (χ1) is 10.7. The molecule has 0 radical (unpaired) electrons. The molecule has 0 atom stereocenters. The SMILES string of the molecule is COc1cccc2[nH]c(C)c(C(=O)NCc3cccnc3)c12. The maximum atomic E-state index is 12.6. The highest BCUT2D eigenvalue weighted by atomic mass is 16.5. The van der Waals surface area contributed by atoms with Crippen molar-refractivity contribution in [3.63, 3.8) is 0 Å². The van der Waals surface area contributed by atoms with Crippen LogP contribution in [0.2, 0.25) is 0 Å². The highest BCUT2D eigenvalue weighted by molar-refractivity contribution is 6.10. The summed E-state index contributed by atoms with van der Waals surface area (Å²) in [5, 5.41) is 3.74. The first-order valence-electron chi connectivity index (χ1n) is 7.03. The van der Waals surface area contributed by atoms with Gasteiger partial charge in [-0.1, -0.05) is 12.1 Å². The van der Waals surface area contributed by atoms with Crippen LogP contribution < -0.4 is 10.1 Å². The third-order valence-corrected chi connectivity index (χ3v) is 3.60. The number of aromatic amines is 1. The molecule has 0 aliphatic carbocycles. The van der Waals surface area contributed by atoms with Crippen LogP contribution in [0.25, 0.3) is 10.9 Å². The lowest BCUT2D eigenvalue weighted by molar-refractivity contribution is 0.0952. The summed E-state index contributed by atoms with van der Waals surface area (Å²) in [6, 6.07) is 9.46. The minimum absolute atomic E-state index is 0.128. The maximum Gasteiger partial charge on any atom is 0.254 e. The van der Waals surface area contributed by atoms with Gasteiger partial charge in [-0.2, -0.15) is 0 Å². The van der Waals surface area contributed by atoms with Gasteiger partial charge in [-0.15, -0.1) is 0 Å². The molecule has 0 bridgehead atoms. The van der Waals surface area contributed by atoms with E-state index in [0.29, 0.717) is 17.9 Å². The fraction of sp³-hybridized carbons (Fsp3) is 0.176. The number of hydrogen-bond acceptors (Lipinski definition) is 3. The van der Waals surface area contributed by atoms with Crippen LogP contribution in [0, 0.1) is 6.92 Å². The molecule has 0 aliphatic heterocycles. The zero-order valence-electron chi connectivity index (χ0n) is 12.5. The third kappa shape index (κ3) is 2.53. The molecule has 2 heterocycles. The number of rotatable bonds is 4. The fourth-order valence-corrected chi connectivity index (χ4v) is 2.57. The van der Waals surface area contributed by atoms with Crippen LogP contribution in [-0.4, -0.2) is 23.0 Å². The Kier molecular flexibility index (Phi) is 3.78. The first kappa shape index (κ1) is 14.1. The molecule has 5 heteroatoms.